The fraction of sp³-hybridized carbons (Fsp3) is 0.0909. The zero-order valence-electron chi connectivity index (χ0n) is 14.9. The Balaban J connectivity index is 1.65. The van der Waals surface area contributed by atoms with E-state index >= 15 is 0 Å². The fourth-order valence-corrected chi connectivity index (χ4v) is 4.00. The lowest BCUT2D eigenvalue weighted by Crippen LogP contribution is -2.04. The maximum Gasteiger partial charge on any atom is 0.192 e. The van der Waals surface area contributed by atoms with Crippen LogP contribution in [0.5, 0.6) is 0 Å². The number of hydrogen-bond donors (Lipinski definition) is 0. The van der Waals surface area contributed by atoms with Gasteiger partial charge in [0, 0.05) is 15.8 Å². The largest absolute Gasteiger partial charge is 0.298 e. The van der Waals surface area contributed by atoms with Gasteiger partial charge in [-0.2, -0.15) is 0 Å². The van der Waals surface area contributed by atoms with Crippen molar-refractivity contribution in [2.75, 3.05) is 0 Å². The summed E-state index contributed by atoms with van der Waals surface area (Å²) in [6.45, 7) is 0.656. The minimum atomic E-state index is -0.261. The minimum Gasteiger partial charge on any atom is -0.298 e. The van der Waals surface area contributed by atoms with Crippen LogP contribution in [0.2, 0.25) is 0 Å². The molecule has 0 amide bonds. The molecule has 1 aromatic heterocycles. The Morgan fingerprint density at radius 1 is 0.821 bits per heavy atom. The van der Waals surface area contributed by atoms with E-state index in [0.29, 0.717) is 6.54 Å². The third-order valence-electron chi connectivity index (χ3n) is 4.28. The number of nitrogens with zero attached hydrogens (tertiary/aromatic N) is 3. The summed E-state index contributed by atoms with van der Waals surface area (Å²) < 4.78 is 16.5. The number of aromatic nitrogens is 3. The highest BCUT2D eigenvalue weighted by atomic mass is 79.9. The van der Waals surface area contributed by atoms with Crippen LogP contribution in [0.15, 0.2) is 88.5 Å². The van der Waals surface area contributed by atoms with Crippen molar-refractivity contribution in [2.24, 2.45) is 0 Å². The normalized spacial score (nSPS) is 10.9. The van der Waals surface area contributed by atoms with Gasteiger partial charge in [0.25, 0.3) is 0 Å². The topological polar surface area (TPSA) is 30.7 Å². The molecule has 0 N–H and O–H groups in total. The lowest BCUT2D eigenvalue weighted by Gasteiger charge is -2.11. The predicted octanol–water partition coefficient (Wildman–Crippen LogP) is 6.19. The molecule has 0 saturated heterocycles. The number of rotatable bonds is 6. The molecule has 0 radical (unpaired) electrons. The Hall–Kier alpha value is -2.44. The van der Waals surface area contributed by atoms with E-state index in [1.54, 1.807) is 23.9 Å². The van der Waals surface area contributed by atoms with Gasteiger partial charge in [0.05, 0.1) is 6.54 Å². The van der Waals surface area contributed by atoms with Crippen LogP contribution in [0.25, 0.3) is 11.4 Å². The second-order valence-electron chi connectivity index (χ2n) is 6.30. The van der Waals surface area contributed by atoms with Crippen LogP contribution >= 0.6 is 27.7 Å². The predicted molar refractivity (Wildman–Crippen MR) is 115 cm³/mol. The van der Waals surface area contributed by atoms with E-state index in [0.717, 1.165) is 32.3 Å². The molecule has 0 aliphatic heterocycles. The van der Waals surface area contributed by atoms with Crippen molar-refractivity contribution in [2.45, 2.75) is 17.5 Å². The number of halogens is 2. The van der Waals surface area contributed by atoms with E-state index < -0.39 is 0 Å². The Labute approximate surface area is 175 Å². The highest BCUT2D eigenvalue weighted by Crippen LogP contribution is 2.28. The lowest BCUT2D eigenvalue weighted by molar-refractivity contribution is 0.628. The molecule has 0 spiro atoms. The van der Waals surface area contributed by atoms with Crippen molar-refractivity contribution in [3.05, 3.63) is 100 Å². The van der Waals surface area contributed by atoms with Gasteiger partial charge in [0.1, 0.15) is 5.82 Å². The van der Waals surface area contributed by atoms with E-state index in [9.17, 15) is 4.39 Å². The van der Waals surface area contributed by atoms with Gasteiger partial charge < -0.3 is 0 Å². The maximum atomic E-state index is 13.3. The molecular formula is C22H17BrFN3S. The summed E-state index contributed by atoms with van der Waals surface area (Å²) in [7, 11) is 0. The summed E-state index contributed by atoms with van der Waals surface area (Å²) in [5.74, 6) is 1.27. The van der Waals surface area contributed by atoms with Gasteiger partial charge in [-0.15, -0.1) is 10.2 Å². The van der Waals surface area contributed by atoms with Crippen molar-refractivity contribution in [1.82, 2.24) is 14.8 Å². The molecule has 28 heavy (non-hydrogen) atoms. The van der Waals surface area contributed by atoms with Crippen LogP contribution in [-0.4, -0.2) is 14.8 Å². The molecule has 140 valence electrons. The van der Waals surface area contributed by atoms with E-state index in [1.165, 1.54) is 17.7 Å². The zero-order chi connectivity index (χ0) is 19.3. The van der Waals surface area contributed by atoms with Gasteiger partial charge in [0.2, 0.25) is 0 Å². The Morgan fingerprint density at radius 3 is 2.25 bits per heavy atom. The first-order valence-electron chi connectivity index (χ1n) is 8.79. The molecule has 0 aliphatic carbocycles. The summed E-state index contributed by atoms with van der Waals surface area (Å²) in [6.07, 6.45) is 0. The van der Waals surface area contributed by atoms with Gasteiger partial charge in [-0.05, 0) is 47.5 Å². The molecule has 4 aromatic rings. The van der Waals surface area contributed by atoms with Gasteiger partial charge in [-0.1, -0.05) is 70.2 Å². The van der Waals surface area contributed by atoms with E-state index in [1.807, 2.05) is 30.3 Å². The van der Waals surface area contributed by atoms with Crippen LogP contribution in [0, 0.1) is 5.82 Å². The van der Waals surface area contributed by atoms with Crippen LogP contribution in [0.4, 0.5) is 4.39 Å². The highest BCUT2D eigenvalue weighted by Gasteiger charge is 2.15. The molecule has 0 unspecified atom stereocenters. The monoisotopic (exact) mass is 453 g/mol. The molecule has 0 fully saturated rings. The smallest absolute Gasteiger partial charge is 0.192 e. The van der Waals surface area contributed by atoms with Crippen molar-refractivity contribution >= 4 is 27.7 Å². The third kappa shape index (κ3) is 4.51. The second kappa shape index (κ2) is 8.71. The molecule has 3 aromatic carbocycles. The molecule has 0 bridgehead atoms. The molecule has 0 atom stereocenters. The number of hydrogen-bond acceptors (Lipinski definition) is 3. The molecule has 1 heterocycles. The van der Waals surface area contributed by atoms with Crippen LogP contribution < -0.4 is 0 Å². The minimum absolute atomic E-state index is 0.261. The first kappa shape index (κ1) is 18.9. The Bertz CT molecular complexity index is 1050. The standard InChI is InChI=1S/C22H17BrFN3S/c23-19-10-6-17(7-11-19)15-28-22-26-25-21(18-8-12-20(24)13-9-18)27(22)14-16-4-2-1-3-5-16/h1-13H,14-15H2. The Morgan fingerprint density at radius 2 is 1.54 bits per heavy atom. The van der Waals surface area contributed by atoms with Crippen molar-refractivity contribution in [1.29, 1.82) is 0 Å². The van der Waals surface area contributed by atoms with E-state index in [2.05, 4.69) is 55.0 Å². The summed E-state index contributed by atoms with van der Waals surface area (Å²) in [5.41, 5.74) is 3.22. The molecule has 3 nitrogen and oxygen atoms in total. The van der Waals surface area contributed by atoms with E-state index in [4.69, 9.17) is 0 Å². The fourth-order valence-electron chi connectivity index (χ4n) is 2.85. The molecule has 0 saturated carbocycles. The summed E-state index contributed by atoms with van der Waals surface area (Å²) >= 11 is 5.11. The van der Waals surface area contributed by atoms with E-state index in [-0.39, 0.29) is 5.82 Å². The molecule has 0 aliphatic rings. The molecule has 6 heteroatoms. The lowest BCUT2D eigenvalue weighted by atomic mass is 10.2. The van der Waals surface area contributed by atoms with Gasteiger partial charge in [0.15, 0.2) is 11.0 Å². The van der Waals surface area contributed by atoms with Gasteiger partial charge >= 0.3 is 0 Å². The SMILES string of the molecule is Fc1ccc(-c2nnc(SCc3ccc(Br)cc3)n2Cc2ccccc2)cc1. The summed E-state index contributed by atoms with van der Waals surface area (Å²) in [6, 6.07) is 24.8. The number of thioether (sulfide) groups is 1. The maximum absolute atomic E-state index is 13.3. The van der Waals surface area contributed by atoms with Gasteiger partial charge in [-0.3, -0.25) is 4.57 Å². The highest BCUT2D eigenvalue weighted by molar-refractivity contribution is 9.10. The average Bonchev–Trinajstić information content (AvgIpc) is 3.11. The van der Waals surface area contributed by atoms with Crippen molar-refractivity contribution < 1.29 is 4.39 Å². The van der Waals surface area contributed by atoms with Crippen molar-refractivity contribution in [3.63, 3.8) is 0 Å². The zero-order valence-corrected chi connectivity index (χ0v) is 17.3. The third-order valence-corrected chi connectivity index (χ3v) is 5.85. The average molecular weight is 454 g/mol. The van der Waals surface area contributed by atoms with Crippen molar-refractivity contribution in [3.8, 4) is 11.4 Å². The summed E-state index contributed by atoms with van der Waals surface area (Å²) in [4.78, 5) is 0. The number of benzene rings is 3. The first-order valence-corrected chi connectivity index (χ1v) is 10.6. The Kier molecular flexibility index (Phi) is 5.88. The first-order chi connectivity index (χ1) is 13.7. The quantitative estimate of drug-likeness (QED) is 0.326. The van der Waals surface area contributed by atoms with Crippen LogP contribution in [0.1, 0.15) is 11.1 Å². The van der Waals surface area contributed by atoms with Gasteiger partial charge in [-0.25, -0.2) is 4.39 Å². The van der Waals surface area contributed by atoms with Crippen LogP contribution in [-0.2, 0) is 12.3 Å². The molecular weight excluding hydrogens is 437 g/mol. The molecule has 4 rings (SSSR count). The second-order valence-corrected chi connectivity index (χ2v) is 8.16. The van der Waals surface area contributed by atoms with Crippen LogP contribution in [0.3, 0.4) is 0 Å². The summed E-state index contributed by atoms with van der Waals surface area (Å²) in [5, 5.41) is 9.66.